The van der Waals surface area contributed by atoms with Crippen molar-refractivity contribution in [2.75, 3.05) is 0 Å². The van der Waals surface area contributed by atoms with Gasteiger partial charge in [-0.05, 0) is 33.6 Å². The SMILES string of the molecule is NCc1ccc(-n2cc(Br)cn2)cc1Br. The molecule has 0 aliphatic rings. The van der Waals surface area contributed by atoms with Gasteiger partial charge in [0.2, 0.25) is 0 Å². The summed E-state index contributed by atoms with van der Waals surface area (Å²) in [6, 6.07) is 5.99. The monoisotopic (exact) mass is 329 g/mol. The van der Waals surface area contributed by atoms with Crippen LogP contribution in [0, 0.1) is 0 Å². The Morgan fingerprint density at radius 1 is 1.33 bits per heavy atom. The summed E-state index contributed by atoms with van der Waals surface area (Å²) in [5.41, 5.74) is 7.68. The fourth-order valence-electron chi connectivity index (χ4n) is 1.29. The van der Waals surface area contributed by atoms with Gasteiger partial charge in [-0.15, -0.1) is 0 Å². The molecular formula is C10H9Br2N3. The van der Waals surface area contributed by atoms with Gasteiger partial charge in [0.25, 0.3) is 0 Å². The topological polar surface area (TPSA) is 43.8 Å². The second kappa shape index (κ2) is 4.47. The number of halogens is 2. The van der Waals surface area contributed by atoms with Gasteiger partial charge in [-0.1, -0.05) is 22.0 Å². The lowest BCUT2D eigenvalue weighted by atomic mass is 10.2. The minimum Gasteiger partial charge on any atom is -0.326 e. The van der Waals surface area contributed by atoms with Crippen LogP contribution in [0.1, 0.15) is 5.56 Å². The molecule has 2 aromatic rings. The molecule has 0 fully saturated rings. The van der Waals surface area contributed by atoms with Gasteiger partial charge in [-0.2, -0.15) is 5.10 Å². The second-order valence-electron chi connectivity index (χ2n) is 3.08. The molecule has 2 rings (SSSR count). The summed E-state index contributed by atoms with van der Waals surface area (Å²) in [7, 11) is 0. The summed E-state index contributed by atoms with van der Waals surface area (Å²) in [6.07, 6.45) is 3.66. The van der Waals surface area contributed by atoms with Crippen LogP contribution in [0.3, 0.4) is 0 Å². The highest BCUT2D eigenvalue weighted by Gasteiger charge is 2.02. The van der Waals surface area contributed by atoms with E-state index < -0.39 is 0 Å². The van der Waals surface area contributed by atoms with Crippen LogP contribution in [0.15, 0.2) is 39.5 Å². The molecule has 0 spiro atoms. The van der Waals surface area contributed by atoms with Gasteiger partial charge in [0.15, 0.2) is 0 Å². The molecule has 0 amide bonds. The van der Waals surface area contributed by atoms with Crippen molar-refractivity contribution < 1.29 is 0 Å². The van der Waals surface area contributed by atoms with Gasteiger partial charge >= 0.3 is 0 Å². The minimum absolute atomic E-state index is 0.531. The van der Waals surface area contributed by atoms with E-state index in [2.05, 4.69) is 37.0 Å². The molecule has 0 saturated heterocycles. The summed E-state index contributed by atoms with van der Waals surface area (Å²) in [6.45, 7) is 0.531. The Balaban J connectivity index is 2.42. The van der Waals surface area contributed by atoms with Gasteiger partial charge in [0.1, 0.15) is 0 Å². The third kappa shape index (κ3) is 2.30. The number of aromatic nitrogens is 2. The molecule has 2 N–H and O–H groups in total. The molecule has 15 heavy (non-hydrogen) atoms. The highest BCUT2D eigenvalue weighted by Crippen LogP contribution is 2.21. The molecule has 0 aliphatic heterocycles. The largest absolute Gasteiger partial charge is 0.326 e. The van der Waals surface area contributed by atoms with E-state index >= 15 is 0 Å². The standard InChI is InChI=1S/C10H9Br2N3/c11-8-5-14-15(6-8)9-2-1-7(4-13)10(12)3-9/h1-3,5-6H,4,13H2. The van der Waals surface area contributed by atoms with Crippen molar-refractivity contribution in [1.29, 1.82) is 0 Å². The molecule has 0 radical (unpaired) electrons. The van der Waals surface area contributed by atoms with E-state index in [4.69, 9.17) is 5.73 Å². The van der Waals surface area contributed by atoms with E-state index in [1.807, 2.05) is 24.4 Å². The fourth-order valence-corrected chi connectivity index (χ4v) is 2.10. The normalized spacial score (nSPS) is 10.6. The molecule has 1 heterocycles. The van der Waals surface area contributed by atoms with Gasteiger partial charge < -0.3 is 5.73 Å². The third-order valence-electron chi connectivity index (χ3n) is 2.07. The summed E-state index contributed by atoms with van der Waals surface area (Å²) in [4.78, 5) is 0. The van der Waals surface area contributed by atoms with Crippen LogP contribution in [-0.2, 0) is 6.54 Å². The first-order valence-corrected chi connectivity index (χ1v) is 5.98. The lowest BCUT2D eigenvalue weighted by Gasteiger charge is -2.05. The van der Waals surface area contributed by atoms with Crippen LogP contribution in [0.2, 0.25) is 0 Å². The number of benzene rings is 1. The van der Waals surface area contributed by atoms with Crippen molar-refractivity contribution in [3.63, 3.8) is 0 Å². The van der Waals surface area contributed by atoms with Crippen molar-refractivity contribution in [3.8, 4) is 5.69 Å². The molecule has 3 nitrogen and oxygen atoms in total. The van der Waals surface area contributed by atoms with E-state index in [1.165, 1.54) is 0 Å². The quantitative estimate of drug-likeness (QED) is 0.920. The Hall–Kier alpha value is -0.650. The minimum atomic E-state index is 0.531. The lowest BCUT2D eigenvalue weighted by Crippen LogP contribution is -1.99. The van der Waals surface area contributed by atoms with Crippen LogP contribution in [0.4, 0.5) is 0 Å². The van der Waals surface area contributed by atoms with Crippen LogP contribution < -0.4 is 5.73 Å². The first-order chi connectivity index (χ1) is 7.20. The Bertz CT molecular complexity index is 479. The molecular weight excluding hydrogens is 322 g/mol. The maximum absolute atomic E-state index is 5.58. The zero-order valence-corrected chi connectivity index (χ0v) is 11.0. The summed E-state index contributed by atoms with van der Waals surface area (Å²) in [5.74, 6) is 0. The zero-order chi connectivity index (χ0) is 10.8. The summed E-state index contributed by atoms with van der Waals surface area (Å²) < 4.78 is 3.77. The lowest BCUT2D eigenvalue weighted by molar-refractivity contribution is 0.877. The molecule has 0 atom stereocenters. The molecule has 0 bridgehead atoms. The smallest absolute Gasteiger partial charge is 0.0657 e. The van der Waals surface area contributed by atoms with E-state index in [0.29, 0.717) is 6.54 Å². The van der Waals surface area contributed by atoms with Crippen LogP contribution in [0.5, 0.6) is 0 Å². The van der Waals surface area contributed by atoms with Crippen molar-refractivity contribution in [1.82, 2.24) is 9.78 Å². The average molecular weight is 331 g/mol. The number of hydrogen-bond donors (Lipinski definition) is 1. The molecule has 0 saturated carbocycles. The number of rotatable bonds is 2. The molecule has 1 aromatic carbocycles. The highest BCUT2D eigenvalue weighted by atomic mass is 79.9. The second-order valence-corrected chi connectivity index (χ2v) is 4.85. The Kier molecular flexibility index (Phi) is 3.23. The Morgan fingerprint density at radius 2 is 2.13 bits per heavy atom. The molecule has 0 unspecified atom stereocenters. The van der Waals surface area contributed by atoms with E-state index in [1.54, 1.807) is 10.9 Å². The summed E-state index contributed by atoms with van der Waals surface area (Å²) in [5, 5.41) is 4.20. The van der Waals surface area contributed by atoms with Crippen LogP contribution >= 0.6 is 31.9 Å². The number of nitrogens with two attached hydrogens (primary N) is 1. The van der Waals surface area contributed by atoms with E-state index in [-0.39, 0.29) is 0 Å². The van der Waals surface area contributed by atoms with Gasteiger partial charge in [-0.3, -0.25) is 0 Å². The first kappa shape index (κ1) is 10.9. The van der Waals surface area contributed by atoms with Crippen molar-refractivity contribution in [2.45, 2.75) is 6.54 Å². The predicted octanol–water partition coefficient (Wildman–Crippen LogP) is 2.86. The molecule has 0 aliphatic carbocycles. The average Bonchev–Trinajstić information content (AvgIpc) is 2.65. The van der Waals surface area contributed by atoms with Crippen LogP contribution in [-0.4, -0.2) is 9.78 Å². The Morgan fingerprint density at radius 3 is 2.67 bits per heavy atom. The fraction of sp³-hybridized carbons (Fsp3) is 0.100. The number of nitrogens with zero attached hydrogens (tertiary/aromatic N) is 2. The predicted molar refractivity (Wildman–Crippen MR) is 66.9 cm³/mol. The molecule has 1 aromatic heterocycles. The van der Waals surface area contributed by atoms with Gasteiger partial charge in [-0.25, -0.2) is 4.68 Å². The van der Waals surface area contributed by atoms with Crippen molar-refractivity contribution in [3.05, 3.63) is 45.1 Å². The Labute approximate surface area is 105 Å². The third-order valence-corrected chi connectivity index (χ3v) is 3.22. The summed E-state index contributed by atoms with van der Waals surface area (Å²) >= 11 is 6.84. The van der Waals surface area contributed by atoms with Crippen molar-refractivity contribution in [2.24, 2.45) is 5.73 Å². The number of hydrogen-bond acceptors (Lipinski definition) is 2. The van der Waals surface area contributed by atoms with Crippen molar-refractivity contribution >= 4 is 31.9 Å². The molecule has 78 valence electrons. The van der Waals surface area contributed by atoms with E-state index in [9.17, 15) is 0 Å². The first-order valence-electron chi connectivity index (χ1n) is 4.40. The zero-order valence-electron chi connectivity index (χ0n) is 7.82. The van der Waals surface area contributed by atoms with Gasteiger partial charge in [0, 0.05) is 17.2 Å². The van der Waals surface area contributed by atoms with Crippen LogP contribution in [0.25, 0.3) is 5.69 Å². The molecule has 5 heteroatoms. The maximum Gasteiger partial charge on any atom is 0.0657 e. The van der Waals surface area contributed by atoms with Gasteiger partial charge in [0.05, 0.1) is 16.4 Å². The highest BCUT2D eigenvalue weighted by molar-refractivity contribution is 9.10. The van der Waals surface area contributed by atoms with E-state index in [0.717, 1.165) is 20.2 Å². The maximum atomic E-state index is 5.58.